The molecule has 1 N–H and O–H groups in total. The van der Waals surface area contributed by atoms with Crippen molar-refractivity contribution in [3.8, 4) is 0 Å². The van der Waals surface area contributed by atoms with E-state index in [4.69, 9.17) is 0 Å². The maximum Gasteiger partial charge on any atom is 0.255 e. The molecule has 1 amide bonds. The van der Waals surface area contributed by atoms with Crippen LogP contribution in [0.2, 0.25) is 0 Å². The largest absolute Gasteiger partial charge is 0.378 e. The second-order valence-corrected chi connectivity index (χ2v) is 4.99. The minimum atomic E-state index is -0.154. The highest BCUT2D eigenvalue weighted by molar-refractivity contribution is 9.10. The minimum absolute atomic E-state index is 0.154. The Balaban J connectivity index is 2.14. The summed E-state index contributed by atoms with van der Waals surface area (Å²) in [5.41, 5.74) is 2.32. The summed E-state index contributed by atoms with van der Waals surface area (Å²) >= 11 is 3.30. The first kappa shape index (κ1) is 13.5. The summed E-state index contributed by atoms with van der Waals surface area (Å²) in [6.45, 7) is 0. The van der Waals surface area contributed by atoms with Crippen LogP contribution in [-0.2, 0) is 0 Å². The number of hydrogen-bond acceptors (Lipinski definition) is 3. The number of benzene rings is 1. The van der Waals surface area contributed by atoms with Crippen LogP contribution in [0.25, 0.3) is 0 Å². The van der Waals surface area contributed by atoms with Gasteiger partial charge in [0.1, 0.15) is 4.60 Å². The Bertz CT molecular complexity index is 581. The number of nitrogens with zero attached hydrogens (tertiary/aromatic N) is 2. The van der Waals surface area contributed by atoms with Gasteiger partial charge in [-0.2, -0.15) is 0 Å². The van der Waals surface area contributed by atoms with Gasteiger partial charge in [-0.25, -0.2) is 4.98 Å². The van der Waals surface area contributed by atoms with Crippen molar-refractivity contribution in [2.24, 2.45) is 0 Å². The Hall–Kier alpha value is -1.88. The fraction of sp³-hybridized carbons (Fsp3) is 0.143. The first-order chi connectivity index (χ1) is 9.08. The molecule has 0 saturated carbocycles. The maximum atomic E-state index is 12.1. The zero-order valence-corrected chi connectivity index (χ0v) is 12.3. The first-order valence-corrected chi connectivity index (χ1v) is 6.56. The lowest BCUT2D eigenvalue weighted by Crippen LogP contribution is -2.13. The van der Waals surface area contributed by atoms with Crippen LogP contribution in [0.15, 0.2) is 47.2 Å². The lowest BCUT2D eigenvalue weighted by Gasteiger charge is -2.12. The number of aromatic nitrogens is 1. The molecule has 2 aromatic rings. The lowest BCUT2D eigenvalue weighted by molar-refractivity contribution is 0.102. The predicted molar refractivity (Wildman–Crippen MR) is 80.7 cm³/mol. The van der Waals surface area contributed by atoms with Crippen molar-refractivity contribution in [3.05, 3.63) is 52.8 Å². The number of halogens is 1. The Morgan fingerprint density at radius 3 is 2.47 bits per heavy atom. The highest BCUT2D eigenvalue weighted by Crippen LogP contribution is 2.19. The summed E-state index contributed by atoms with van der Waals surface area (Å²) in [4.78, 5) is 18.1. The quantitative estimate of drug-likeness (QED) is 0.884. The zero-order chi connectivity index (χ0) is 13.8. The van der Waals surface area contributed by atoms with Crippen LogP contribution in [0.5, 0.6) is 0 Å². The summed E-state index contributed by atoms with van der Waals surface area (Å²) in [5, 5.41) is 2.81. The third-order valence-corrected chi connectivity index (χ3v) is 3.29. The molecule has 0 aliphatic heterocycles. The van der Waals surface area contributed by atoms with Crippen LogP contribution in [0.1, 0.15) is 10.4 Å². The molecule has 2 rings (SSSR count). The van der Waals surface area contributed by atoms with E-state index in [9.17, 15) is 4.79 Å². The molecule has 0 atom stereocenters. The van der Waals surface area contributed by atoms with Crippen molar-refractivity contribution < 1.29 is 4.79 Å². The molecule has 0 aliphatic rings. The number of pyridine rings is 1. The number of carbonyl (C=O) groups is 1. The molecule has 4 nitrogen and oxygen atoms in total. The monoisotopic (exact) mass is 319 g/mol. The summed E-state index contributed by atoms with van der Waals surface area (Å²) in [7, 11) is 3.92. The van der Waals surface area contributed by atoms with Gasteiger partial charge in [-0.05, 0) is 52.3 Å². The van der Waals surface area contributed by atoms with E-state index in [0.717, 1.165) is 5.69 Å². The second-order valence-electron chi connectivity index (χ2n) is 4.24. The van der Waals surface area contributed by atoms with E-state index in [2.05, 4.69) is 26.2 Å². The summed E-state index contributed by atoms with van der Waals surface area (Å²) in [5.74, 6) is -0.154. The van der Waals surface area contributed by atoms with Gasteiger partial charge in [0.2, 0.25) is 0 Å². The Labute approximate surface area is 120 Å². The zero-order valence-electron chi connectivity index (χ0n) is 10.7. The van der Waals surface area contributed by atoms with E-state index in [1.807, 2.05) is 31.1 Å². The van der Waals surface area contributed by atoms with E-state index in [1.54, 1.807) is 30.5 Å². The van der Waals surface area contributed by atoms with Gasteiger partial charge in [-0.15, -0.1) is 0 Å². The van der Waals surface area contributed by atoms with Crippen molar-refractivity contribution in [2.45, 2.75) is 0 Å². The molecule has 0 radical (unpaired) electrons. The summed E-state index contributed by atoms with van der Waals surface area (Å²) < 4.78 is 0.619. The molecule has 5 heteroatoms. The molecule has 98 valence electrons. The number of nitrogens with one attached hydrogen (secondary N) is 1. The molecule has 0 bridgehead atoms. The third kappa shape index (κ3) is 3.32. The van der Waals surface area contributed by atoms with E-state index < -0.39 is 0 Å². The normalized spacial score (nSPS) is 10.1. The Kier molecular flexibility index (Phi) is 4.16. The topological polar surface area (TPSA) is 45.2 Å². The number of hydrogen-bond donors (Lipinski definition) is 1. The Morgan fingerprint density at radius 2 is 1.89 bits per heavy atom. The standard InChI is InChI=1S/C14H14BrN3O/c1-18(2)11-7-5-10(6-8-11)14(19)17-12-4-3-9-16-13(12)15/h3-9H,1-2H3,(H,17,19). The SMILES string of the molecule is CN(C)c1ccc(C(=O)Nc2cccnc2Br)cc1. The maximum absolute atomic E-state index is 12.1. The lowest BCUT2D eigenvalue weighted by atomic mass is 10.2. The van der Waals surface area contributed by atoms with E-state index in [0.29, 0.717) is 15.9 Å². The molecule has 0 fully saturated rings. The Morgan fingerprint density at radius 1 is 1.21 bits per heavy atom. The first-order valence-electron chi connectivity index (χ1n) is 5.77. The van der Waals surface area contributed by atoms with Gasteiger partial charge in [-0.1, -0.05) is 0 Å². The van der Waals surface area contributed by atoms with Crippen molar-refractivity contribution >= 4 is 33.2 Å². The van der Waals surface area contributed by atoms with Gasteiger partial charge in [0.05, 0.1) is 5.69 Å². The summed E-state index contributed by atoms with van der Waals surface area (Å²) in [6.07, 6.45) is 1.66. The van der Waals surface area contributed by atoms with Crippen molar-refractivity contribution in [2.75, 3.05) is 24.3 Å². The molecule has 0 aliphatic carbocycles. The van der Waals surface area contributed by atoms with Crippen LogP contribution in [0.3, 0.4) is 0 Å². The average Bonchev–Trinajstić information content (AvgIpc) is 2.41. The van der Waals surface area contributed by atoms with E-state index in [1.165, 1.54) is 0 Å². The number of amides is 1. The van der Waals surface area contributed by atoms with Gasteiger partial charge in [0.25, 0.3) is 5.91 Å². The van der Waals surface area contributed by atoms with Gasteiger partial charge >= 0.3 is 0 Å². The van der Waals surface area contributed by atoms with Crippen molar-refractivity contribution in [3.63, 3.8) is 0 Å². The average molecular weight is 320 g/mol. The van der Waals surface area contributed by atoms with Gasteiger partial charge in [0, 0.05) is 31.5 Å². The fourth-order valence-corrected chi connectivity index (χ4v) is 1.93. The second kappa shape index (κ2) is 5.84. The molecule has 0 saturated heterocycles. The van der Waals surface area contributed by atoms with Crippen molar-refractivity contribution in [1.29, 1.82) is 0 Å². The van der Waals surface area contributed by atoms with E-state index in [-0.39, 0.29) is 5.91 Å². The molecular weight excluding hydrogens is 306 g/mol. The summed E-state index contributed by atoms with van der Waals surface area (Å²) in [6, 6.07) is 11.0. The van der Waals surface area contributed by atoms with Gasteiger partial charge in [0.15, 0.2) is 0 Å². The van der Waals surface area contributed by atoms with Crippen LogP contribution in [0, 0.1) is 0 Å². The van der Waals surface area contributed by atoms with Crippen molar-refractivity contribution in [1.82, 2.24) is 4.98 Å². The molecule has 0 unspecified atom stereocenters. The molecule has 1 aromatic carbocycles. The van der Waals surface area contributed by atoms with E-state index >= 15 is 0 Å². The molecule has 1 heterocycles. The third-order valence-electron chi connectivity index (χ3n) is 2.65. The highest BCUT2D eigenvalue weighted by Gasteiger charge is 2.08. The van der Waals surface area contributed by atoms with Crippen LogP contribution in [-0.4, -0.2) is 25.0 Å². The van der Waals surface area contributed by atoms with Gasteiger partial charge in [-0.3, -0.25) is 4.79 Å². The van der Waals surface area contributed by atoms with Gasteiger partial charge < -0.3 is 10.2 Å². The minimum Gasteiger partial charge on any atom is -0.378 e. The van der Waals surface area contributed by atoms with Crippen LogP contribution in [0.4, 0.5) is 11.4 Å². The highest BCUT2D eigenvalue weighted by atomic mass is 79.9. The molecule has 0 spiro atoms. The molecule has 1 aromatic heterocycles. The number of anilines is 2. The predicted octanol–water partition coefficient (Wildman–Crippen LogP) is 3.16. The molecular formula is C14H14BrN3O. The smallest absolute Gasteiger partial charge is 0.255 e. The fourth-order valence-electron chi connectivity index (χ4n) is 1.58. The number of carbonyl (C=O) groups excluding carboxylic acids is 1. The molecule has 19 heavy (non-hydrogen) atoms. The van der Waals surface area contributed by atoms with Crippen LogP contribution >= 0.6 is 15.9 Å². The van der Waals surface area contributed by atoms with Crippen LogP contribution < -0.4 is 10.2 Å². The number of rotatable bonds is 3.